The number of hydrogen-bond donors (Lipinski definition) is 1. The Labute approximate surface area is 132 Å². The Bertz CT molecular complexity index is 638. The molecule has 0 aliphatic heterocycles. The molecule has 4 heteroatoms. The Morgan fingerprint density at radius 1 is 1.24 bits per heavy atom. The average Bonchev–Trinajstić information content (AvgIpc) is 3.28. The highest BCUT2D eigenvalue weighted by atomic mass is 79.9. The molecule has 3 rings (SSSR count). The fraction of sp³-hybridized carbons (Fsp3) is 0.294. The monoisotopic (exact) mass is 344 g/mol. The molecule has 1 heterocycles. The molecule has 1 fully saturated rings. The van der Waals surface area contributed by atoms with Crippen LogP contribution in [0.3, 0.4) is 0 Å². The molecule has 0 bridgehead atoms. The number of pyridine rings is 1. The van der Waals surface area contributed by atoms with E-state index in [0.717, 1.165) is 22.9 Å². The summed E-state index contributed by atoms with van der Waals surface area (Å²) in [5.74, 6) is 0.0568. The van der Waals surface area contributed by atoms with E-state index in [2.05, 4.69) is 44.4 Å². The van der Waals surface area contributed by atoms with Gasteiger partial charge >= 0.3 is 0 Å². The Kier molecular flexibility index (Phi) is 4.06. The molecule has 21 heavy (non-hydrogen) atoms. The van der Waals surface area contributed by atoms with Crippen LogP contribution in [0.2, 0.25) is 0 Å². The number of hydrogen-bond acceptors (Lipinski definition) is 2. The number of aromatic nitrogens is 1. The van der Waals surface area contributed by atoms with E-state index in [9.17, 15) is 4.79 Å². The maximum absolute atomic E-state index is 12.1. The third-order valence-electron chi connectivity index (χ3n) is 4.01. The van der Waals surface area contributed by atoms with Gasteiger partial charge < -0.3 is 5.32 Å². The largest absolute Gasteiger partial charge is 0.355 e. The summed E-state index contributed by atoms with van der Waals surface area (Å²) in [6.07, 6.45) is 6.10. The third kappa shape index (κ3) is 3.32. The van der Waals surface area contributed by atoms with E-state index >= 15 is 0 Å². The number of carbonyl (C=O) groups is 1. The Hall–Kier alpha value is -1.68. The van der Waals surface area contributed by atoms with Crippen molar-refractivity contribution in [2.75, 3.05) is 6.54 Å². The van der Waals surface area contributed by atoms with E-state index in [1.807, 2.05) is 18.2 Å². The molecule has 1 aliphatic carbocycles. The number of benzene rings is 1. The highest BCUT2D eigenvalue weighted by Crippen LogP contribution is 2.49. The second-order valence-corrected chi connectivity index (χ2v) is 6.43. The Balaban J connectivity index is 1.60. The maximum Gasteiger partial charge on any atom is 0.224 e. The molecule has 2 aromatic rings. The highest BCUT2D eigenvalue weighted by Gasteiger charge is 2.45. The van der Waals surface area contributed by atoms with Gasteiger partial charge in [-0.1, -0.05) is 40.2 Å². The van der Waals surface area contributed by atoms with Crippen LogP contribution in [-0.4, -0.2) is 17.4 Å². The number of halogens is 1. The summed E-state index contributed by atoms with van der Waals surface area (Å²) in [5, 5.41) is 3.07. The number of rotatable bonds is 5. The lowest BCUT2D eigenvalue weighted by molar-refractivity contribution is -0.120. The van der Waals surface area contributed by atoms with Gasteiger partial charge in [0.2, 0.25) is 5.91 Å². The van der Waals surface area contributed by atoms with Gasteiger partial charge in [0.05, 0.1) is 6.42 Å². The predicted molar refractivity (Wildman–Crippen MR) is 86.0 cm³/mol. The van der Waals surface area contributed by atoms with E-state index < -0.39 is 0 Å². The third-order valence-corrected chi connectivity index (χ3v) is 4.70. The summed E-state index contributed by atoms with van der Waals surface area (Å²) in [6, 6.07) is 12.1. The van der Waals surface area contributed by atoms with Crippen LogP contribution in [0.4, 0.5) is 0 Å². The van der Waals surface area contributed by atoms with Gasteiger partial charge in [-0.05, 0) is 36.1 Å². The van der Waals surface area contributed by atoms with Crippen molar-refractivity contribution < 1.29 is 4.79 Å². The van der Waals surface area contributed by atoms with Gasteiger partial charge in [0.1, 0.15) is 0 Å². The van der Waals surface area contributed by atoms with Crippen LogP contribution in [-0.2, 0) is 16.6 Å². The zero-order valence-corrected chi connectivity index (χ0v) is 13.3. The van der Waals surface area contributed by atoms with Gasteiger partial charge in [-0.15, -0.1) is 0 Å². The van der Waals surface area contributed by atoms with Crippen molar-refractivity contribution in [2.24, 2.45) is 0 Å². The first-order valence-corrected chi connectivity index (χ1v) is 7.90. The smallest absolute Gasteiger partial charge is 0.224 e. The van der Waals surface area contributed by atoms with E-state index in [-0.39, 0.29) is 11.3 Å². The number of carbonyl (C=O) groups excluding carboxylic acids is 1. The number of nitrogens with one attached hydrogen (secondary N) is 1. The molecule has 1 aromatic carbocycles. The summed E-state index contributed by atoms with van der Waals surface area (Å²) in [7, 11) is 0. The molecule has 3 nitrogen and oxygen atoms in total. The van der Waals surface area contributed by atoms with Crippen molar-refractivity contribution in [3.8, 4) is 0 Å². The standard InChI is InChI=1S/C17H17BrN2O/c18-15-6-2-1-5-14(15)17(7-8-17)12-20-16(21)10-13-4-3-9-19-11-13/h1-6,9,11H,7-8,10,12H2,(H,20,21). The van der Waals surface area contributed by atoms with Crippen molar-refractivity contribution >= 4 is 21.8 Å². The van der Waals surface area contributed by atoms with Gasteiger partial charge in [-0.2, -0.15) is 0 Å². The van der Waals surface area contributed by atoms with Gasteiger partial charge in [0, 0.05) is 28.8 Å². The molecule has 0 unspecified atom stereocenters. The van der Waals surface area contributed by atoms with Crippen LogP contribution in [0.1, 0.15) is 24.0 Å². The zero-order chi connectivity index (χ0) is 14.7. The van der Waals surface area contributed by atoms with Gasteiger partial charge in [-0.25, -0.2) is 0 Å². The Morgan fingerprint density at radius 2 is 2.05 bits per heavy atom. The van der Waals surface area contributed by atoms with Crippen LogP contribution >= 0.6 is 15.9 Å². The normalized spacial score (nSPS) is 15.5. The SMILES string of the molecule is O=C(Cc1cccnc1)NCC1(c2ccccc2Br)CC1. The van der Waals surface area contributed by atoms with Crippen LogP contribution in [0, 0.1) is 0 Å². The summed E-state index contributed by atoms with van der Waals surface area (Å²) < 4.78 is 1.13. The average molecular weight is 345 g/mol. The van der Waals surface area contributed by atoms with Crippen LogP contribution in [0.25, 0.3) is 0 Å². The van der Waals surface area contributed by atoms with Crippen LogP contribution in [0.5, 0.6) is 0 Å². The second kappa shape index (κ2) is 5.98. The minimum Gasteiger partial charge on any atom is -0.355 e. The molecule has 108 valence electrons. The molecule has 0 spiro atoms. The van der Waals surface area contributed by atoms with E-state index in [4.69, 9.17) is 0 Å². The molecule has 1 amide bonds. The molecule has 1 aromatic heterocycles. The second-order valence-electron chi connectivity index (χ2n) is 5.57. The van der Waals surface area contributed by atoms with Gasteiger partial charge in [-0.3, -0.25) is 9.78 Å². The fourth-order valence-electron chi connectivity index (χ4n) is 2.60. The Morgan fingerprint density at radius 3 is 2.71 bits per heavy atom. The zero-order valence-electron chi connectivity index (χ0n) is 11.7. The van der Waals surface area contributed by atoms with Crippen molar-refractivity contribution in [3.63, 3.8) is 0 Å². The minimum atomic E-state index is 0.0568. The lowest BCUT2D eigenvalue weighted by Gasteiger charge is -2.18. The summed E-state index contributed by atoms with van der Waals surface area (Å²) in [4.78, 5) is 16.1. The van der Waals surface area contributed by atoms with Crippen molar-refractivity contribution in [2.45, 2.75) is 24.7 Å². The summed E-state index contributed by atoms with van der Waals surface area (Å²) in [6.45, 7) is 0.703. The predicted octanol–water partition coefficient (Wildman–Crippen LogP) is 3.23. The van der Waals surface area contributed by atoms with E-state index in [1.54, 1.807) is 12.4 Å². The summed E-state index contributed by atoms with van der Waals surface area (Å²) >= 11 is 3.61. The van der Waals surface area contributed by atoms with E-state index in [0.29, 0.717) is 13.0 Å². The topological polar surface area (TPSA) is 42.0 Å². The molecule has 1 N–H and O–H groups in total. The molecular formula is C17H17BrN2O. The summed E-state index contributed by atoms with van der Waals surface area (Å²) in [5.41, 5.74) is 2.36. The van der Waals surface area contributed by atoms with Crippen molar-refractivity contribution in [3.05, 3.63) is 64.4 Å². The lowest BCUT2D eigenvalue weighted by atomic mass is 9.96. The molecule has 1 aliphatic rings. The number of nitrogens with zero attached hydrogens (tertiary/aromatic N) is 1. The van der Waals surface area contributed by atoms with Gasteiger partial charge in [0.15, 0.2) is 0 Å². The van der Waals surface area contributed by atoms with Crippen molar-refractivity contribution in [1.29, 1.82) is 0 Å². The van der Waals surface area contributed by atoms with E-state index in [1.165, 1.54) is 5.56 Å². The quantitative estimate of drug-likeness (QED) is 0.904. The molecule has 1 saturated carbocycles. The maximum atomic E-state index is 12.1. The molecular weight excluding hydrogens is 328 g/mol. The number of amides is 1. The molecule has 0 saturated heterocycles. The van der Waals surface area contributed by atoms with Crippen molar-refractivity contribution in [1.82, 2.24) is 10.3 Å². The molecule has 0 radical (unpaired) electrons. The van der Waals surface area contributed by atoms with Gasteiger partial charge in [0.25, 0.3) is 0 Å². The first-order chi connectivity index (χ1) is 10.2. The minimum absolute atomic E-state index is 0.0568. The lowest BCUT2D eigenvalue weighted by Crippen LogP contribution is -2.33. The molecule has 0 atom stereocenters. The first-order valence-electron chi connectivity index (χ1n) is 7.10. The van der Waals surface area contributed by atoms with Crippen LogP contribution < -0.4 is 5.32 Å². The van der Waals surface area contributed by atoms with Crippen LogP contribution in [0.15, 0.2) is 53.3 Å². The fourth-order valence-corrected chi connectivity index (χ4v) is 3.31. The highest BCUT2D eigenvalue weighted by molar-refractivity contribution is 9.10. The first kappa shape index (κ1) is 14.3.